The van der Waals surface area contributed by atoms with Gasteiger partial charge in [-0.25, -0.2) is 17.6 Å². The molecule has 198 valence electrons. The fraction of sp³-hybridized carbons (Fsp3) is 0.296. The largest absolute Gasteiger partial charge is 0.422 e. The lowest BCUT2D eigenvalue weighted by atomic mass is 10.1. The second-order valence-corrected chi connectivity index (χ2v) is 11.0. The first-order valence-electron chi connectivity index (χ1n) is 12.3. The van der Waals surface area contributed by atoms with Gasteiger partial charge in [-0.15, -0.1) is 0 Å². The smallest absolute Gasteiger partial charge is 0.349 e. The van der Waals surface area contributed by atoms with Crippen LogP contribution in [0, 0.1) is 5.82 Å². The fourth-order valence-corrected chi connectivity index (χ4v) is 6.43. The summed E-state index contributed by atoms with van der Waals surface area (Å²) in [6, 6.07) is 10.4. The maximum absolute atomic E-state index is 13.6. The molecule has 3 heterocycles. The normalized spacial score (nSPS) is 16.3. The predicted molar refractivity (Wildman–Crippen MR) is 140 cm³/mol. The van der Waals surface area contributed by atoms with Gasteiger partial charge in [0, 0.05) is 56.4 Å². The van der Waals surface area contributed by atoms with E-state index in [9.17, 15) is 27.2 Å². The minimum absolute atomic E-state index is 0.0777. The van der Waals surface area contributed by atoms with Crippen molar-refractivity contribution in [3.63, 3.8) is 0 Å². The van der Waals surface area contributed by atoms with Crippen molar-refractivity contribution in [3.8, 4) is 0 Å². The monoisotopic (exact) mass is 539 g/mol. The van der Waals surface area contributed by atoms with Gasteiger partial charge in [-0.2, -0.15) is 0 Å². The maximum Gasteiger partial charge on any atom is 0.349 e. The summed E-state index contributed by atoms with van der Waals surface area (Å²) in [6.45, 7) is 6.03. The van der Waals surface area contributed by atoms with E-state index >= 15 is 0 Å². The average Bonchev–Trinajstić information content (AvgIpc) is 3.17. The summed E-state index contributed by atoms with van der Waals surface area (Å²) in [6.07, 6.45) is 1.25. The van der Waals surface area contributed by atoms with Crippen LogP contribution in [0.25, 0.3) is 17.0 Å². The average molecular weight is 540 g/mol. The molecular formula is C27H26FN3O6S. The molecule has 1 saturated heterocycles. The highest BCUT2D eigenvalue weighted by Crippen LogP contribution is 2.34. The van der Waals surface area contributed by atoms with Gasteiger partial charge in [0.2, 0.25) is 9.84 Å². The molecule has 5 rings (SSSR count). The quantitative estimate of drug-likeness (QED) is 0.459. The van der Waals surface area contributed by atoms with Crippen LogP contribution in [0.15, 0.2) is 61.5 Å². The topological polar surface area (TPSA) is 108 Å². The summed E-state index contributed by atoms with van der Waals surface area (Å²) >= 11 is 0. The predicted octanol–water partition coefficient (Wildman–Crippen LogP) is 2.89. The Balaban J connectivity index is 1.30. The molecule has 0 radical (unpaired) electrons. The van der Waals surface area contributed by atoms with Gasteiger partial charge < -0.3 is 19.1 Å². The van der Waals surface area contributed by atoms with E-state index in [1.807, 2.05) is 19.9 Å². The minimum Gasteiger partial charge on any atom is -0.422 e. The molecule has 0 aliphatic carbocycles. The molecule has 2 aliphatic rings. The lowest BCUT2D eigenvalue weighted by Gasteiger charge is -2.34. The van der Waals surface area contributed by atoms with Gasteiger partial charge >= 0.3 is 5.63 Å². The molecule has 38 heavy (non-hydrogen) atoms. The molecule has 9 nitrogen and oxygen atoms in total. The van der Waals surface area contributed by atoms with Gasteiger partial charge in [-0.1, -0.05) is 6.07 Å². The third kappa shape index (κ3) is 4.36. The molecule has 1 fully saturated rings. The molecule has 0 saturated carbocycles. The first kappa shape index (κ1) is 25.7. The molecule has 0 atom stereocenters. The number of benzene rings is 2. The van der Waals surface area contributed by atoms with E-state index in [0.29, 0.717) is 11.0 Å². The van der Waals surface area contributed by atoms with Crippen LogP contribution in [0.1, 0.15) is 29.8 Å². The molecule has 0 N–H and O–H groups in total. The van der Waals surface area contributed by atoms with E-state index in [4.69, 9.17) is 4.42 Å². The highest BCUT2D eigenvalue weighted by atomic mass is 32.2. The van der Waals surface area contributed by atoms with Crippen LogP contribution in [-0.2, 0) is 14.6 Å². The summed E-state index contributed by atoms with van der Waals surface area (Å²) in [5, 5.41) is 0.618. The summed E-state index contributed by atoms with van der Waals surface area (Å²) in [7, 11) is -4.14. The van der Waals surface area contributed by atoms with E-state index in [2.05, 4.69) is 4.90 Å². The number of sulfone groups is 1. The first-order valence-corrected chi connectivity index (χ1v) is 13.8. The molecule has 2 aliphatic heterocycles. The van der Waals surface area contributed by atoms with E-state index in [-0.39, 0.29) is 42.2 Å². The molecule has 2 amide bonds. The lowest BCUT2D eigenvalue weighted by Crippen LogP contribution is -2.51. The van der Waals surface area contributed by atoms with Crippen molar-refractivity contribution < 1.29 is 26.8 Å². The Bertz CT molecular complexity index is 1650. The van der Waals surface area contributed by atoms with Crippen LogP contribution in [0.3, 0.4) is 0 Å². The lowest BCUT2D eigenvalue weighted by molar-refractivity contribution is -0.127. The molecule has 0 bridgehead atoms. The van der Waals surface area contributed by atoms with Crippen LogP contribution in [-0.4, -0.2) is 69.3 Å². The SMILES string of the molecule is CCN(CC)c1ccc2cc(C(=O)N3CCN(C(=O)C4=Cc5ccc(F)cc5S4(=O)=O)CC3)c(=O)oc2c1. The molecule has 0 spiro atoms. The molecule has 1 aromatic heterocycles. The highest BCUT2D eigenvalue weighted by molar-refractivity contribution is 7.96. The van der Waals surface area contributed by atoms with Crippen molar-refractivity contribution in [2.75, 3.05) is 44.2 Å². The number of nitrogens with zero attached hydrogens (tertiary/aromatic N) is 3. The van der Waals surface area contributed by atoms with Gasteiger partial charge in [0.15, 0.2) is 0 Å². The van der Waals surface area contributed by atoms with Crippen molar-refractivity contribution >= 4 is 44.4 Å². The Morgan fingerprint density at radius 2 is 1.61 bits per heavy atom. The zero-order valence-electron chi connectivity index (χ0n) is 20.9. The Kier molecular flexibility index (Phi) is 6.56. The van der Waals surface area contributed by atoms with Gasteiger partial charge in [0.25, 0.3) is 11.8 Å². The Morgan fingerprint density at radius 3 is 2.26 bits per heavy atom. The number of fused-ring (bicyclic) bond motifs is 2. The van der Waals surface area contributed by atoms with Crippen LogP contribution in [0.5, 0.6) is 0 Å². The molecule has 0 unspecified atom stereocenters. The number of anilines is 1. The number of halogens is 1. The molecule has 3 aromatic rings. The van der Waals surface area contributed by atoms with E-state index in [0.717, 1.165) is 30.9 Å². The summed E-state index contributed by atoms with van der Waals surface area (Å²) in [5.74, 6) is -1.93. The van der Waals surface area contributed by atoms with Crippen LogP contribution in [0.4, 0.5) is 10.1 Å². The number of hydrogen-bond acceptors (Lipinski definition) is 7. The number of rotatable bonds is 5. The second-order valence-electron chi connectivity index (χ2n) is 9.12. The van der Waals surface area contributed by atoms with E-state index in [1.165, 1.54) is 28.0 Å². The zero-order valence-corrected chi connectivity index (χ0v) is 21.8. The Hall–Kier alpha value is -3.99. The maximum atomic E-state index is 13.6. The third-order valence-electron chi connectivity index (χ3n) is 6.98. The van der Waals surface area contributed by atoms with Crippen molar-refractivity contribution in [3.05, 3.63) is 74.7 Å². The number of carbonyl (C=O) groups is 2. The van der Waals surface area contributed by atoms with Crippen molar-refractivity contribution in [1.82, 2.24) is 9.80 Å². The number of carbonyl (C=O) groups excluding carboxylic acids is 2. The van der Waals surface area contributed by atoms with Gasteiger partial charge in [-0.05, 0) is 55.8 Å². The summed E-state index contributed by atoms with van der Waals surface area (Å²) in [5.41, 5.74) is 0.712. The van der Waals surface area contributed by atoms with Gasteiger partial charge in [0.1, 0.15) is 21.9 Å². The summed E-state index contributed by atoms with van der Waals surface area (Å²) < 4.78 is 44.7. The fourth-order valence-electron chi connectivity index (χ4n) is 4.85. The highest BCUT2D eigenvalue weighted by Gasteiger charge is 2.38. The van der Waals surface area contributed by atoms with E-state index in [1.54, 1.807) is 12.1 Å². The number of hydrogen-bond donors (Lipinski definition) is 0. The first-order chi connectivity index (χ1) is 18.1. The Morgan fingerprint density at radius 1 is 0.947 bits per heavy atom. The molecular weight excluding hydrogens is 513 g/mol. The van der Waals surface area contributed by atoms with Crippen molar-refractivity contribution in [2.24, 2.45) is 0 Å². The second kappa shape index (κ2) is 9.71. The van der Waals surface area contributed by atoms with Crippen LogP contribution < -0.4 is 10.5 Å². The standard InChI is InChI=1S/C27H26FN3O6S/c1-3-29(4-2)20-8-6-17-13-21(27(34)37-22(17)16-20)25(32)30-9-11-31(12-10-30)26(33)24-14-18-5-7-19(28)15-23(18)38(24,35)36/h5-8,13-16H,3-4,9-12H2,1-2H3. The van der Waals surface area contributed by atoms with Crippen molar-refractivity contribution in [1.29, 1.82) is 0 Å². The van der Waals surface area contributed by atoms with E-state index < -0.39 is 38.0 Å². The van der Waals surface area contributed by atoms with Crippen LogP contribution >= 0.6 is 0 Å². The van der Waals surface area contributed by atoms with Gasteiger partial charge in [-0.3, -0.25) is 9.59 Å². The Labute approximate surface area is 218 Å². The van der Waals surface area contributed by atoms with Gasteiger partial charge in [0.05, 0.1) is 4.90 Å². The summed E-state index contributed by atoms with van der Waals surface area (Å²) in [4.78, 5) is 43.1. The van der Waals surface area contributed by atoms with Crippen LogP contribution in [0.2, 0.25) is 0 Å². The number of amides is 2. The molecule has 2 aromatic carbocycles. The zero-order chi connectivity index (χ0) is 27.2. The number of piperazine rings is 1. The van der Waals surface area contributed by atoms with Crippen molar-refractivity contribution in [2.45, 2.75) is 18.7 Å². The third-order valence-corrected chi connectivity index (χ3v) is 8.79. The molecule has 11 heteroatoms. The minimum atomic E-state index is -4.14.